The van der Waals surface area contributed by atoms with Crippen molar-refractivity contribution in [3.63, 3.8) is 0 Å². The highest BCUT2D eigenvalue weighted by Crippen LogP contribution is 2.31. The van der Waals surface area contributed by atoms with Gasteiger partial charge >= 0.3 is 0 Å². The summed E-state index contributed by atoms with van der Waals surface area (Å²) in [6.07, 6.45) is 5.63. The summed E-state index contributed by atoms with van der Waals surface area (Å²) in [5.74, 6) is 1.78. The summed E-state index contributed by atoms with van der Waals surface area (Å²) in [4.78, 5) is 0. The molecule has 2 aromatic heterocycles. The largest absolute Gasteiger partial charge is 0.362 e. The summed E-state index contributed by atoms with van der Waals surface area (Å²) in [7, 11) is 0. The van der Waals surface area contributed by atoms with Crippen LogP contribution in [0.4, 0.5) is 5.82 Å². The number of nitrogens with zero attached hydrogens (tertiary/aromatic N) is 4. The van der Waals surface area contributed by atoms with E-state index >= 15 is 0 Å². The van der Waals surface area contributed by atoms with Gasteiger partial charge in [0.15, 0.2) is 11.5 Å². The van der Waals surface area contributed by atoms with Crippen LogP contribution < -0.4 is 5.32 Å². The van der Waals surface area contributed by atoms with E-state index in [1.54, 1.807) is 0 Å². The summed E-state index contributed by atoms with van der Waals surface area (Å²) in [6.45, 7) is 2.07. The molecule has 23 heavy (non-hydrogen) atoms. The van der Waals surface area contributed by atoms with Crippen LogP contribution in [0.1, 0.15) is 49.2 Å². The van der Waals surface area contributed by atoms with Gasteiger partial charge in [-0.2, -0.15) is 4.52 Å². The first-order valence-corrected chi connectivity index (χ1v) is 8.41. The maximum absolute atomic E-state index is 4.68. The van der Waals surface area contributed by atoms with E-state index in [1.807, 2.05) is 16.6 Å². The average molecular weight is 307 g/mol. The number of hydrogen-bond acceptors (Lipinski definition) is 4. The van der Waals surface area contributed by atoms with Crippen LogP contribution in [0, 0.1) is 0 Å². The van der Waals surface area contributed by atoms with E-state index in [2.05, 4.69) is 51.8 Å². The maximum Gasteiger partial charge on any atom is 0.178 e. The van der Waals surface area contributed by atoms with Crippen molar-refractivity contribution in [2.24, 2.45) is 0 Å². The minimum Gasteiger partial charge on any atom is -0.362 e. The lowest BCUT2D eigenvalue weighted by Crippen LogP contribution is -2.13. The summed E-state index contributed by atoms with van der Waals surface area (Å²) in [6, 6.07) is 13.1. The van der Waals surface area contributed by atoms with Crippen LogP contribution in [0.15, 0.2) is 36.4 Å². The Hall–Kier alpha value is -2.43. The van der Waals surface area contributed by atoms with E-state index in [1.165, 1.54) is 30.4 Å². The quantitative estimate of drug-likeness (QED) is 0.752. The molecule has 4 rings (SSSR count). The number of nitrogens with one attached hydrogen (secondary N) is 1. The van der Waals surface area contributed by atoms with Gasteiger partial charge in [-0.3, -0.25) is 0 Å². The SMILES string of the molecule is CCc1nnc2ccc(N[C@H]3CCCCc4ccccc43)nn12. The normalized spacial score (nSPS) is 17.7. The summed E-state index contributed by atoms with van der Waals surface area (Å²) in [5.41, 5.74) is 3.67. The second-order valence-electron chi connectivity index (χ2n) is 6.10. The lowest BCUT2D eigenvalue weighted by Gasteiger charge is -2.20. The predicted octanol–water partition coefficient (Wildman–Crippen LogP) is 3.57. The van der Waals surface area contributed by atoms with Crippen LogP contribution in [0.5, 0.6) is 0 Å². The summed E-state index contributed by atoms with van der Waals surface area (Å²) < 4.78 is 1.84. The Kier molecular flexibility index (Phi) is 3.69. The number of aromatic nitrogens is 4. The first-order chi connectivity index (χ1) is 11.3. The Morgan fingerprint density at radius 2 is 2.04 bits per heavy atom. The Morgan fingerprint density at radius 1 is 1.13 bits per heavy atom. The van der Waals surface area contributed by atoms with Gasteiger partial charge in [0.05, 0.1) is 6.04 Å². The molecule has 118 valence electrons. The number of anilines is 1. The summed E-state index contributed by atoms with van der Waals surface area (Å²) >= 11 is 0. The highest BCUT2D eigenvalue weighted by atomic mass is 15.4. The van der Waals surface area contributed by atoms with Crippen molar-refractivity contribution in [1.82, 2.24) is 19.8 Å². The molecule has 1 aliphatic carbocycles. The lowest BCUT2D eigenvalue weighted by molar-refractivity contribution is 0.640. The second-order valence-corrected chi connectivity index (χ2v) is 6.10. The second kappa shape index (κ2) is 5.99. The molecule has 5 nitrogen and oxygen atoms in total. The number of hydrogen-bond donors (Lipinski definition) is 1. The van der Waals surface area contributed by atoms with E-state index in [4.69, 9.17) is 0 Å². The summed E-state index contributed by atoms with van der Waals surface area (Å²) in [5, 5.41) is 16.6. The Bertz CT molecular complexity index is 823. The first-order valence-electron chi connectivity index (χ1n) is 8.41. The number of fused-ring (bicyclic) bond motifs is 2. The van der Waals surface area contributed by atoms with Crippen molar-refractivity contribution in [3.05, 3.63) is 53.3 Å². The molecule has 0 amide bonds. The molecule has 0 saturated carbocycles. The van der Waals surface area contributed by atoms with Gasteiger partial charge in [-0.05, 0) is 42.5 Å². The van der Waals surface area contributed by atoms with Crippen molar-refractivity contribution < 1.29 is 0 Å². The van der Waals surface area contributed by atoms with Gasteiger partial charge in [0.1, 0.15) is 5.82 Å². The van der Waals surface area contributed by atoms with Crippen LogP contribution >= 0.6 is 0 Å². The Labute approximate surface area is 135 Å². The van der Waals surface area contributed by atoms with Gasteiger partial charge in [0.2, 0.25) is 0 Å². The molecule has 0 bridgehead atoms. The van der Waals surface area contributed by atoms with Crippen molar-refractivity contribution in [2.75, 3.05) is 5.32 Å². The van der Waals surface area contributed by atoms with Gasteiger partial charge < -0.3 is 5.32 Å². The van der Waals surface area contributed by atoms with Crippen LogP contribution in [0.25, 0.3) is 5.65 Å². The standard InChI is InChI=1S/C18H21N5/c1-2-17-20-21-18-12-11-16(22-23(17)18)19-15-10-6-4-8-13-7-3-5-9-14(13)15/h3,5,7,9,11-12,15H,2,4,6,8,10H2,1H3,(H,19,22)/t15-/m0/s1. The van der Waals surface area contributed by atoms with E-state index in [9.17, 15) is 0 Å². The molecule has 0 saturated heterocycles. The Morgan fingerprint density at radius 3 is 2.96 bits per heavy atom. The predicted molar refractivity (Wildman–Crippen MR) is 90.5 cm³/mol. The van der Waals surface area contributed by atoms with Crippen molar-refractivity contribution in [2.45, 2.75) is 45.1 Å². The third-order valence-corrected chi connectivity index (χ3v) is 4.59. The molecular weight excluding hydrogens is 286 g/mol. The number of rotatable bonds is 3. The molecule has 1 N–H and O–H groups in total. The van der Waals surface area contributed by atoms with Crippen LogP contribution in [0.3, 0.4) is 0 Å². The fourth-order valence-electron chi connectivity index (χ4n) is 3.38. The third kappa shape index (κ3) is 2.67. The van der Waals surface area contributed by atoms with E-state index < -0.39 is 0 Å². The van der Waals surface area contributed by atoms with Crippen molar-refractivity contribution in [1.29, 1.82) is 0 Å². The minimum absolute atomic E-state index is 0.320. The molecule has 1 aromatic carbocycles. The fraction of sp³-hybridized carbons (Fsp3) is 0.389. The van der Waals surface area contributed by atoms with Crippen LogP contribution in [0.2, 0.25) is 0 Å². The fourth-order valence-corrected chi connectivity index (χ4v) is 3.38. The van der Waals surface area contributed by atoms with E-state index in [-0.39, 0.29) is 0 Å². The monoisotopic (exact) mass is 307 g/mol. The first kappa shape index (κ1) is 14.2. The van der Waals surface area contributed by atoms with Gasteiger partial charge in [-0.15, -0.1) is 15.3 Å². The van der Waals surface area contributed by atoms with Gasteiger partial charge in [0.25, 0.3) is 0 Å². The van der Waals surface area contributed by atoms with Crippen molar-refractivity contribution in [3.8, 4) is 0 Å². The molecular formula is C18H21N5. The van der Waals surface area contributed by atoms with Gasteiger partial charge in [-0.1, -0.05) is 37.6 Å². The zero-order chi connectivity index (χ0) is 15.6. The smallest absolute Gasteiger partial charge is 0.178 e. The third-order valence-electron chi connectivity index (χ3n) is 4.59. The maximum atomic E-state index is 4.68. The molecule has 5 heteroatoms. The zero-order valence-corrected chi connectivity index (χ0v) is 13.4. The molecule has 3 aromatic rings. The molecule has 0 fully saturated rings. The average Bonchev–Trinajstić information content (AvgIpc) is 2.89. The lowest BCUT2D eigenvalue weighted by atomic mass is 9.99. The van der Waals surface area contributed by atoms with E-state index in [0.717, 1.165) is 30.1 Å². The number of benzene rings is 1. The minimum atomic E-state index is 0.320. The molecule has 1 atom stereocenters. The highest BCUT2D eigenvalue weighted by Gasteiger charge is 2.19. The molecule has 0 aliphatic heterocycles. The molecule has 0 spiro atoms. The van der Waals surface area contributed by atoms with Crippen LogP contribution in [-0.4, -0.2) is 19.8 Å². The molecule has 2 heterocycles. The molecule has 0 radical (unpaired) electrons. The Balaban J connectivity index is 1.67. The molecule has 0 unspecified atom stereocenters. The number of aryl methyl sites for hydroxylation is 2. The van der Waals surface area contributed by atoms with Gasteiger partial charge in [-0.25, -0.2) is 0 Å². The van der Waals surface area contributed by atoms with Gasteiger partial charge in [0, 0.05) is 6.42 Å². The van der Waals surface area contributed by atoms with E-state index in [0.29, 0.717) is 6.04 Å². The molecule has 1 aliphatic rings. The zero-order valence-electron chi connectivity index (χ0n) is 13.4. The van der Waals surface area contributed by atoms with Crippen molar-refractivity contribution >= 4 is 11.5 Å². The topological polar surface area (TPSA) is 55.1 Å². The highest BCUT2D eigenvalue weighted by molar-refractivity contribution is 5.46. The van der Waals surface area contributed by atoms with Crippen LogP contribution in [-0.2, 0) is 12.8 Å².